The molecule has 88 valence electrons. The van der Waals surface area contributed by atoms with E-state index in [4.69, 9.17) is 33.7 Å². The van der Waals surface area contributed by atoms with E-state index in [-0.39, 0.29) is 0 Å². The van der Waals surface area contributed by atoms with Gasteiger partial charge < -0.3 is 10.5 Å². The number of hydrogen-bond acceptors (Lipinski definition) is 3. The summed E-state index contributed by atoms with van der Waals surface area (Å²) >= 11 is 11.9. The Hall–Kier alpha value is -1.45. The van der Waals surface area contributed by atoms with E-state index < -0.39 is 0 Å². The molecule has 5 heteroatoms. The molecule has 2 N–H and O–H groups in total. The molecule has 0 aliphatic heterocycles. The maximum absolute atomic E-state index is 5.99. The molecule has 0 atom stereocenters. The monoisotopic (exact) mass is 268 g/mol. The van der Waals surface area contributed by atoms with E-state index in [0.29, 0.717) is 28.1 Å². The van der Waals surface area contributed by atoms with Crippen LogP contribution in [0.15, 0.2) is 36.5 Å². The van der Waals surface area contributed by atoms with Crippen LogP contribution in [0.2, 0.25) is 10.0 Å². The summed E-state index contributed by atoms with van der Waals surface area (Å²) in [6.07, 6.45) is 1.63. The number of nitrogen functional groups attached to an aromatic ring is 1. The maximum atomic E-state index is 5.99. The van der Waals surface area contributed by atoms with Crippen molar-refractivity contribution in [2.24, 2.45) is 0 Å². The van der Waals surface area contributed by atoms with Crippen LogP contribution in [0, 0.1) is 0 Å². The molecule has 2 rings (SSSR count). The fourth-order valence-corrected chi connectivity index (χ4v) is 1.67. The van der Waals surface area contributed by atoms with Crippen LogP contribution >= 0.6 is 23.2 Å². The highest BCUT2D eigenvalue weighted by molar-refractivity contribution is 6.42. The molecule has 0 aliphatic rings. The SMILES string of the molecule is Nc1ccnc(COc2cccc(Cl)c2Cl)c1. The lowest BCUT2D eigenvalue weighted by molar-refractivity contribution is 0.301. The number of anilines is 1. The van der Waals surface area contributed by atoms with E-state index in [1.54, 1.807) is 36.5 Å². The predicted molar refractivity (Wildman–Crippen MR) is 69.4 cm³/mol. The van der Waals surface area contributed by atoms with Crippen molar-refractivity contribution >= 4 is 28.9 Å². The third kappa shape index (κ3) is 3.02. The highest BCUT2D eigenvalue weighted by Crippen LogP contribution is 2.31. The lowest BCUT2D eigenvalue weighted by Gasteiger charge is -2.08. The van der Waals surface area contributed by atoms with Crippen molar-refractivity contribution in [2.45, 2.75) is 6.61 Å². The second-order valence-electron chi connectivity index (χ2n) is 3.42. The van der Waals surface area contributed by atoms with Crippen LogP contribution in [0.1, 0.15) is 5.69 Å². The highest BCUT2D eigenvalue weighted by atomic mass is 35.5. The first-order chi connectivity index (χ1) is 8.16. The Morgan fingerprint density at radius 3 is 2.82 bits per heavy atom. The first-order valence-corrected chi connectivity index (χ1v) is 5.69. The molecule has 0 saturated carbocycles. The molecule has 1 aromatic heterocycles. The first-order valence-electron chi connectivity index (χ1n) is 4.94. The third-order valence-corrected chi connectivity index (χ3v) is 2.93. The number of pyridine rings is 1. The largest absolute Gasteiger partial charge is 0.486 e. The van der Waals surface area contributed by atoms with Crippen molar-refractivity contribution in [3.63, 3.8) is 0 Å². The fourth-order valence-electron chi connectivity index (χ4n) is 1.32. The standard InChI is InChI=1S/C12H10Cl2N2O/c13-10-2-1-3-11(12(10)14)17-7-9-6-8(15)4-5-16-9/h1-6H,7H2,(H2,15,16). The molecule has 0 amide bonds. The molecule has 0 aliphatic carbocycles. The van der Waals surface area contributed by atoms with E-state index in [9.17, 15) is 0 Å². The highest BCUT2D eigenvalue weighted by Gasteiger charge is 2.05. The van der Waals surface area contributed by atoms with E-state index in [1.165, 1.54) is 0 Å². The minimum Gasteiger partial charge on any atom is -0.486 e. The summed E-state index contributed by atoms with van der Waals surface area (Å²) in [7, 11) is 0. The summed E-state index contributed by atoms with van der Waals surface area (Å²) in [5.41, 5.74) is 7.02. The number of halogens is 2. The van der Waals surface area contributed by atoms with Crippen molar-refractivity contribution in [1.82, 2.24) is 4.98 Å². The average Bonchev–Trinajstić information content (AvgIpc) is 2.31. The van der Waals surface area contributed by atoms with Gasteiger partial charge in [0.1, 0.15) is 17.4 Å². The van der Waals surface area contributed by atoms with Crippen molar-refractivity contribution < 1.29 is 4.74 Å². The molecule has 0 saturated heterocycles. The molecule has 0 unspecified atom stereocenters. The Morgan fingerprint density at radius 2 is 2.06 bits per heavy atom. The lowest BCUT2D eigenvalue weighted by Crippen LogP contribution is -1.99. The predicted octanol–water partition coefficient (Wildman–Crippen LogP) is 3.55. The summed E-state index contributed by atoms with van der Waals surface area (Å²) in [5, 5.41) is 0.864. The number of benzene rings is 1. The minimum atomic E-state index is 0.297. The first kappa shape index (κ1) is 12.0. The Labute approximate surface area is 109 Å². The summed E-state index contributed by atoms with van der Waals surface area (Å²) < 4.78 is 5.52. The van der Waals surface area contributed by atoms with Crippen LogP contribution < -0.4 is 10.5 Å². The van der Waals surface area contributed by atoms with Crippen molar-refractivity contribution in [3.05, 3.63) is 52.3 Å². The minimum absolute atomic E-state index is 0.297. The van der Waals surface area contributed by atoms with Gasteiger partial charge in [-0.2, -0.15) is 0 Å². The summed E-state index contributed by atoms with van der Waals surface area (Å²) in [4.78, 5) is 4.13. The van der Waals surface area contributed by atoms with Crippen LogP contribution in [0.3, 0.4) is 0 Å². The van der Waals surface area contributed by atoms with Gasteiger partial charge in [0.05, 0.1) is 10.7 Å². The van der Waals surface area contributed by atoms with Gasteiger partial charge in [-0.3, -0.25) is 4.98 Å². The average molecular weight is 269 g/mol. The smallest absolute Gasteiger partial charge is 0.140 e. The van der Waals surface area contributed by atoms with Gasteiger partial charge in [0.2, 0.25) is 0 Å². The summed E-state index contributed by atoms with van der Waals surface area (Å²) in [6.45, 7) is 0.297. The topological polar surface area (TPSA) is 48.1 Å². The number of ether oxygens (including phenoxy) is 1. The Balaban J connectivity index is 2.10. The molecule has 0 bridgehead atoms. The molecule has 1 heterocycles. The normalized spacial score (nSPS) is 10.2. The van der Waals surface area contributed by atoms with Crippen molar-refractivity contribution in [2.75, 3.05) is 5.73 Å². The molecule has 1 aromatic carbocycles. The number of aromatic nitrogens is 1. The second-order valence-corrected chi connectivity index (χ2v) is 4.21. The number of nitrogens with two attached hydrogens (primary N) is 1. The third-order valence-electron chi connectivity index (χ3n) is 2.13. The summed E-state index contributed by atoms with van der Waals surface area (Å²) in [6, 6.07) is 8.70. The molecule has 0 radical (unpaired) electrons. The van der Waals surface area contributed by atoms with Gasteiger partial charge in [-0.15, -0.1) is 0 Å². The quantitative estimate of drug-likeness (QED) is 0.926. The van der Waals surface area contributed by atoms with Gasteiger partial charge in [0, 0.05) is 11.9 Å². The van der Waals surface area contributed by atoms with Gasteiger partial charge in [-0.1, -0.05) is 29.3 Å². The van der Waals surface area contributed by atoms with Crippen LogP contribution in [-0.2, 0) is 6.61 Å². The van der Waals surface area contributed by atoms with Gasteiger partial charge >= 0.3 is 0 Å². The van der Waals surface area contributed by atoms with Gasteiger partial charge in [0.15, 0.2) is 0 Å². The Bertz CT molecular complexity index is 532. The van der Waals surface area contributed by atoms with Crippen LogP contribution in [0.4, 0.5) is 5.69 Å². The van der Waals surface area contributed by atoms with Crippen LogP contribution in [0.5, 0.6) is 5.75 Å². The Kier molecular flexibility index (Phi) is 3.71. The molecular weight excluding hydrogens is 259 g/mol. The molecule has 3 nitrogen and oxygen atoms in total. The summed E-state index contributed by atoms with van der Waals surface area (Å²) in [5.74, 6) is 0.531. The Morgan fingerprint density at radius 1 is 1.24 bits per heavy atom. The zero-order chi connectivity index (χ0) is 12.3. The molecule has 17 heavy (non-hydrogen) atoms. The van der Waals surface area contributed by atoms with Crippen molar-refractivity contribution in [3.8, 4) is 5.75 Å². The second kappa shape index (κ2) is 5.25. The van der Waals surface area contributed by atoms with E-state index in [1.807, 2.05) is 0 Å². The van der Waals surface area contributed by atoms with Crippen LogP contribution in [0.25, 0.3) is 0 Å². The maximum Gasteiger partial charge on any atom is 0.140 e. The molecular formula is C12H10Cl2N2O. The van der Waals surface area contributed by atoms with Gasteiger partial charge in [-0.25, -0.2) is 0 Å². The van der Waals surface area contributed by atoms with E-state index >= 15 is 0 Å². The number of rotatable bonds is 3. The van der Waals surface area contributed by atoms with E-state index in [2.05, 4.69) is 4.98 Å². The molecule has 0 spiro atoms. The van der Waals surface area contributed by atoms with Crippen LogP contribution in [-0.4, -0.2) is 4.98 Å². The zero-order valence-electron chi connectivity index (χ0n) is 8.86. The fraction of sp³-hybridized carbons (Fsp3) is 0.0833. The van der Waals surface area contributed by atoms with Crippen molar-refractivity contribution in [1.29, 1.82) is 0 Å². The van der Waals surface area contributed by atoms with Gasteiger partial charge in [-0.05, 0) is 24.3 Å². The van der Waals surface area contributed by atoms with Gasteiger partial charge in [0.25, 0.3) is 0 Å². The lowest BCUT2D eigenvalue weighted by atomic mass is 10.3. The number of nitrogens with zero attached hydrogens (tertiary/aromatic N) is 1. The number of hydrogen-bond donors (Lipinski definition) is 1. The molecule has 2 aromatic rings. The van der Waals surface area contributed by atoms with E-state index in [0.717, 1.165) is 5.69 Å². The zero-order valence-corrected chi connectivity index (χ0v) is 10.4. The molecule has 0 fully saturated rings.